The maximum Gasteiger partial charge on any atom is 0.325 e. The number of benzene rings is 6. The van der Waals surface area contributed by atoms with Gasteiger partial charge in [-0.3, -0.25) is 9.80 Å². The third kappa shape index (κ3) is 14.7. The molecular weight excluding hydrogens is 1270 g/mol. The van der Waals surface area contributed by atoms with E-state index in [9.17, 15) is 32.3 Å². The summed E-state index contributed by atoms with van der Waals surface area (Å²) >= 11 is 0. The molecule has 23 nitrogen and oxygen atoms in total. The fourth-order valence-electron chi connectivity index (χ4n) is 13.7. The molecule has 6 aliphatic heterocycles. The van der Waals surface area contributed by atoms with E-state index in [4.69, 9.17) is 28.4 Å². The van der Waals surface area contributed by atoms with Gasteiger partial charge >= 0.3 is 12.1 Å². The zero-order chi connectivity index (χ0) is 68.1. The van der Waals surface area contributed by atoms with Crippen LogP contribution in [0.15, 0.2) is 159 Å². The fraction of sp³-hybridized carbons (Fsp3) is 0.408. The highest BCUT2D eigenvalue weighted by atomic mass is 19.1. The van der Waals surface area contributed by atoms with Crippen LogP contribution in [-0.2, 0) is 43.2 Å². The van der Waals surface area contributed by atoms with E-state index in [1.807, 2.05) is 110 Å². The summed E-state index contributed by atoms with van der Waals surface area (Å²) < 4.78 is 96.5. The molecular formula is C71H80F4N14O9. The average Bonchev–Trinajstić information content (AvgIpc) is 1.27. The predicted octanol–water partition coefficient (Wildman–Crippen LogP) is 9.12. The van der Waals surface area contributed by atoms with Crippen LogP contribution in [0, 0.1) is 23.3 Å². The fourth-order valence-corrected chi connectivity index (χ4v) is 13.7. The number of hydrogen-bond acceptors (Lipinski definition) is 17. The van der Waals surface area contributed by atoms with Crippen molar-refractivity contribution in [3.05, 3.63) is 193 Å². The SMILES string of the molecule is CC(C)N1C(=O)N(c2ccc(N3CCN(c4ccc(OC[C@H]5OC[C@](Cn6cncn6)(c6ccc(F)cc6F)O5)cc4)CC3)cc2)CC1CO.CC(C)N1CCN(c2ccc(N3CCN(c4ccc(OC[C@H]5OC[C@](Cn6cncn6)(c6ccc(F)cc6F)O5)cc4)CC3)cc2)C1=O. The molecule has 4 amide bonds. The summed E-state index contributed by atoms with van der Waals surface area (Å²) in [6.45, 7) is 17.2. The highest BCUT2D eigenvalue weighted by molar-refractivity contribution is 5.95. The Bertz CT molecular complexity index is 3960. The number of amides is 4. The van der Waals surface area contributed by atoms with Crippen molar-refractivity contribution >= 4 is 46.2 Å². The van der Waals surface area contributed by atoms with Gasteiger partial charge in [0.1, 0.15) is 84.5 Å². The number of aliphatic hydroxyl groups is 1. The first-order chi connectivity index (χ1) is 47.5. The maximum atomic E-state index is 14.9. The van der Waals surface area contributed by atoms with Gasteiger partial charge in [-0.15, -0.1) is 0 Å². The summed E-state index contributed by atoms with van der Waals surface area (Å²) in [4.78, 5) is 50.3. The highest BCUT2D eigenvalue weighted by Gasteiger charge is 2.48. The number of ether oxygens (including phenoxy) is 6. The molecule has 5 atom stereocenters. The van der Waals surface area contributed by atoms with Gasteiger partial charge in [0.15, 0.2) is 12.6 Å². The minimum atomic E-state index is -1.24. The topological polar surface area (TPSA) is 197 Å². The van der Waals surface area contributed by atoms with Gasteiger partial charge in [-0.2, -0.15) is 10.2 Å². The first-order valence-electron chi connectivity index (χ1n) is 33.1. The van der Waals surface area contributed by atoms with Crippen LogP contribution >= 0.6 is 0 Å². The number of halogens is 4. The third-order valence-corrected chi connectivity index (χ3v) is 18.8. The lowest BCUT2D eigenvalue weighted by Gasteiger charge is -2.37. The molecule has 0 radical (unpaired) electrons. The van der Waals surface area contributed by atoms with Gasteiger partial charge in [0.25, 0.3) is 0 Å². The molecule has 6 fully saturated rings. The van der Waals surface area contributed by atoms with Gasteiger partial charge < -0.3 is 62.9 Å². The van der Waals surface area contributed by atoms with Crippen LogP contribution in [0.4, 0.5) is 61.3 Å². The Morgan fingerprint density at radius 2 is 0.898 bits per heavy atom. The maximum absolute atomic E-state index is 14.9. The molecule has 98 heavy (non-hydrogen) atoms. The van der Waals surface area contributed by atoms with Gasteiger partial charge in [-0.25, -0.2) is 46.5 Å². The molecule has 2 aromatic heterocycles. The summed E-state index contributed by atoms with van der Waals surface area (Å²) in [7, 11) is 0. The van der Waals surface area contributed by atoms with E-state index in [0.717, 1.165) is 105 Å². The molecule has 516 valence electrons. The Balaban J connectivity index is 0.000000177. The second-order valence-corrected chi connectivity index (χ2v) is 25.7. The summed E-state index contributed by atoms with van der Waals surface area (Å²) in [5.74, 6) is -1.50. The number of anilines is 6. The van der Waals surface area contributed by atoms with E-state index < -0.39 is 47.1 Å². The lowest BCUT2D eigenvalue weighted by molar-refractivity contribution is -0.117. The molecule has 6 aromatic carbocycles. The van der Waals surface area contributed by atoms with Crippen LogP contribution in [0.3, 0.4) is 0 Å². The van der Waals surface area contributed by atoms with Gasteiger partial charge in [0.05, 0.1) is 45.5 Å². The first kappa shape index (κ1) is 67.0. The summed E-state index contributed by atoms with van der Waals surface area (Å²) in [5, 5.41) is 18.0. The number of carbonyl (C=O) groups is 2. The zero-order valence-electron chi connectivity index (χ0n) is 55.1. The number of hydrogen-bond donors (Lipinski definition) is 1. The van der Waals surface area contributed by atoms with Crippen molar-refractivity contribution in [3.8, 4) is 11.5 Å². The van der Waals surface area contributed by atoms with Crippen molar-refractivity contribution in [1.29, 1.82) is 0 Å². The Morgan fingerprint density at radius 1 is 0.500 bits per heavy atom. The van der Waals surface area contributed by atoms with Crippen molar-refractivity contribution in [2.24, 2.45) is 0 Å². The second kappa shape index (κ2) is 29.3. The number of aromatic nitrogens is 6. The van der Waals surface area contributed by atoms with Crippen molar-refractivity contribution in [2.45, 2.75) is 82.7 Å². The molecule has 27 heteroatoms. The zero-order valence-corrected chi connectivity index (χ0v) is 55.1. The summed E-state index contributed by atoms with van der Waals surface area (Å²) in [6, 6.07) is 38.9. The van der Waals surface area contributed by atoms with Crippen molar-refractivity contribution in [2.75, 3.05) is 134 Å². The molecule has 0 saturated carbocycles. The quantitative estimate of drug-likeness (QED) is 0.0668. The van der Waals surface area contributed by atoms with Gasteiger partial charge in [0, 0.05) is 135 Å². The lowest BCUT2D eigenvalue weighted by atomic mass is 9.94. The lowest BCUT2D eigenvalue weighted by Crippen LogP contribution is -2.46. The molecule has 8 heterocycles. The molecule has 0 spiro atoms. The molecule has 1 unspecified atom stereocenters. The van der Waals surface area contributed by atoms with Crippen LogP contribution in [-0.4, -0.2) is 192 Å². The smallest absolute Gasteiger partial charge is 0.325 e. The first-order valence-corrected chi connectivity index (χ1v) is 33.1. The van der Waals surface area contributed by atoms with Gasteiger partial charge in [-0.05, 0) is 137 Å². The predicted molar refractivity (Wildman–Crippen MR) is 359 cm³/mol. The molecule has 6 saturated heterocycles. The normalized spacial score (nSPS) is 22.1. The minimum absolute atomic E-state index is 0.0199. The number of aliphatic hydroxyl groups excluding tert-OH is 1. The Kier molecular flexibility index (Phi) is 20.0. The van der Waals surface area contributed by atoms with Crippen LogP contribution in [0.2, 0.25) is 0 Å². The van der Waals surface area contributed by atoms with Crippen molar-refractivity contribution < 1.29 is 60.7 Å². The number of urea groups is 2. The molecule has 14 rings (SSSR count). The van der Waals surface area contributed by atoms with Gasteiger partial charge in [-0.1, -0.05) is 12.1 Å². The Hall–Kier alpha value is -9.54. The monoisotopic (exact) mass is 1350 g/mol. The number of carbonyl (C=O) groups excluding carboxylic acids is 2. The average molecular weight is 1350 g/mol. The molecule has 0 bridgehead atoms. The molecule has 0 aliphatic carbocycles. The molecule has 6 aliphatic rings. The van der Waals surface area contributed by atoms with Crippen LogP contribution in [0.5, 0.6) is 11.5 Å². The minimum Gasteiger partial charge on any atom is -0.488 e. The largest absolute Gasteiger partial charge is 0.488 e. The second-order valence-electron chi connectivity index (χ2n) is 25.7. The van der Waals surface area contributed by atoms with Gasteiger partial charge in [0.2, 0.25) is 0 Å². The van der Waals surface area contributed by atoms with E-state index in [-0.39, 0.29) is 87.4 Å². The number of rotatable bonds is 21. The van der Waals surface area contributed by atoms with Crippen molar-refractivity contribution in [3.63, 3.8) is 0 Å². The van der Waals surface area contributed by atoms with Crippen LogP contribution in [0.25, 0.3) is 0 Å². The van der Waals surface area contributed by atoms with Crippen LogP contribution in [0.1, 0.15) is 38.8 Å². The molecule has 1 N–H and O–H groups in total. The standard InChI is InChI=1S/C36H41F2N7O5.C35H39F2N7O4/c1-25(2)45-30(19-46)18-44(35(45)47)29-6-4-27(5-7-29)41-13-15-42(16-14-41)28-8-10-31(11-9-28)48-20-34-49-22-36(50-34,21-43-24-39-23-40-43)32-12-3-26(37)17-33(32)38;1-25(2)43-17-18-44(34(43)45)29-6-4-27(5-7-29)40-13-15-41(16-14-40)28-8-10-30(11-9-28)46-20-33-47-22-35(48-33,21-42-24-38-23-39-42)31-12-3-26(36)19-32(31)37/h3-12,17,23-25,30,34,46H,13-16,18-22H2,1-2H3;3-12,19,23-25,33H,13-18,20-22H2,1-2H3/t30?,34-,36+;33-,35+/m00/s1. The van der Waals surface area contributed by atoms with E-state index in [2.05, 4.69) is 64.0 Å². The van der Waals surface area contributed by atoms with Crippen LogP contribution < -0.4 is 38.9 Å². The Labute approximate surface area is 565 Å². The highest BCUT2D eigenvalue weighted by Crippen LogP contribution is 2.40. The van der Waals surface area contributed by atoms with E-state index in [1.165, 1.54) is 58.9 Å². The van der Waals surface area contributed by atoms with E-state index in [1.54, 1.807) is 9.80 Å². The van der Waals surface area contributed by atoms with E-state index >= 15 is 0 Å². The number of nitrogens with zero attached hydrogens (tertiary/aromatic N) is 14. The Morgan fingerprint density at radius 3 is 1.24 bits per heavy atom. The number of piperazine rings is 2. The van der Waals surface area contributed by atoms with Crippen molar-refractivity contribution in [1.82, 2.24) is 39.3 Å². The third-order valence-electron chi connectivity index (χ3n) is 18.8. The summed E-state index contributed by atoms with van der Waals surface area (Å²) in [6.07, 6.45) is 4.21. The molecule has 8 aromatic rings. The summed E-state index contributed by atoms with van der Waals surface area (Å²) in [5.41, 5.74) is 4.10. The van der Waals surface area contributed by atoms with E-state index in [0.29, 0.717) is 24.6 Å².